The van der Waals surface area contributed by atoms with Gasteiger partial charge in [-0.1, -0.05) is 63.6 Å². The summed E-state index contributed by atoms with van der Waals surface area (Å²) in [6.07, 6.45) is 1.26. The molecule has 3 aliphatic heterocycles. The number of alkyl carbamates (subject to hydrolysis) is 1. The lowest BCUT2D eigenvalue weighted by molar-refractivity contribution is -0.162. The number of ether oxygens (including phenoxy) is 5. The average Bonchev–Trinajstić information content (AvgIpc) is 3.84. The van der Waals surface area contributed by atoms with Crippen LogP contribution in [0.1, 0.15) is 75.1 Å². The van der Waals surface area contributed by atoms with Gasteiger partial charge in [-0.3, -0.25) is 14.9 Å². The van der Waals surface area contributed by atoms with E-state index in [0.29, 0.717) is 28.9 Å². The largest absolute Gasteiger partial charge is 0.495 e. The third-order valence-corrected chi connectivity index (χ3v) is 11.8. The fourth-order valence-corrected chi connectivity index (χ4v) is 7.85. The van der Waals surface area contributed by atoms with Gasteiger partial charge in [0.1, 0.15) is 40.7 Å². The SMILES string of the molecule is COc1cc2cc(c1Cl)N(C)C(=O)C[C@H](OC(=O)[C@H](C)N(C)C(=O)CCSC(C)C)[C@]1(C)O[C@H]1[C@H](C)[C@@H]1C[C@@](O)(NC(=O)O1)[C@H](OC)/C=C/C=C(\C)C2.[2H]C. The first kappa shape index (κ1) is 43.4. The number of aliphatic hydroxyl groups is 1. The van der Waals surface area contributed by atoms with E-state index in [9.17, 15) is 24.3 Å². The summed E-state index contributed by atoms with van der Waals surface area (Å²) >= 11 is 8.41. The number of allylic oxidation sites excluding steroid dienone is 3. The molecule has 0 aromatic heterocycles. The second-order valence-corrected chi connectivity index (χ2v) is 16.6. The molecule has 3 heterocycles. The number of rotatable bonds is 9. The number of halogens is 1. The summed E-state index contributed by atoms with van der Waals surface area (Å²) in [4.78, 5) is 56.4. The van der Waals surface area contributed by atoms with Gasteiger partial charge in [0.15, 0.2) is 5.72 Å². The van der Waals surface area contributed by atoms with Crippen LogP contribution in [-0.2, 0) is 39.8 Å². The zero-order chi connectivity index (χ0) is 41.4. The maximum absolute atomic E-state index is 14.1. The van der Waals surface area contributed by atoms with Crippen LogP contribution >= 0.6 is 23.4 Å². The number of methoxy groups -OCH3 is 2. The zero-order valence-electron chi connectivity index (χ0n) is 34.3. The number of nitrogens with zero attached hydrogens (tertiary/aromatic N) is 2. The summed E-state index contributed by atoms with van der Waals surface area (Å²) in [5.74, 6) is -0.875. The second kappa shape index (κ2) is 18.6. The highest BCUT2D eigenvalue weighted by Crippen LogP contribution is 2.49. The minimum absolute atomic E-state index is 0.0450. The molecule has 4 bridgehead atoms. The molecular weight excluding hydrogens is 738 g/mol. The lowest BCUT2D eigenvalue weighted by Gasteiger charge is -2.42. The van der Waals surface area contributed by atoms with Crippen molar-refractivity contribution in [1.82, 2.24) is 10.2 Å². The van der Waals surface area contributed by atoms with Crippen LogP contribution in [0.2, 0.25) is 5.02 Å². The first-order chi connectivity index (χ1) is 25.8. The number of anilines is 1. The van der Waals surface area contributed by atoms with Crippen molar-refractivity contribution < 1.29 is 49.3 Å². The van der Waals surface area contributed by atoms with Crippen molar-refractivity contribution >= 4 is 52.9 Å². The Morgan fingerprint density at radius 2 is 1.94 bits per heavy atom. The van der Waals surface area contributed by atoms with Crippen LogP contribution in [0, 0.1) is 5.92 Å². The molecule has 2 saturated heterocycles. The minimum atomic E-state index is -1.82. The number of epoxide rings is 1. The van der Waals surface area contributed by atoms with Crippen LogP contribution in [-0.4, -0.2) is 115 Å². The molecule has 3 aliphatic rings. The van der Waals surface area contributed by atoms with Gasteiger partial charge in [0, 0.05) is 47.1 Å². The highest BCUT2D eigenvalue weighted by Gasteiger charge is 2.64. The number of likely N-dealkylation sites (N-methyl/N-ethyl adjacent to an activating group) is 1. The maximum Gasteiger partial charge on any atom is 0.409 e. The number of thioether (sulfide) groups is 1. The van der Waals surface area contributed by atoms with E-state index in [1.807, 2.05) is 26.8 Å². The Bertz CT molecular complexity index is 1610. The normalized spacial score (nSPS) is 30.9. The fraction of sp³-hybridized carbons (Fsp3) is 0.641. The van der Waals surface area contributed by atoms with Crippen molar-refractivity contribution in [2.24, 2.45) is 5.92 Å². The minimum Gasteiger partial charge on any atom is -0.495 e. The monoisotopic (exact) mass is 796 g/mol. The van der Waals surface area contributed by atoms with Crippen LogP contribution in [0.5, 0.6) is 5.75 Å². The average molecular weight is 797 g/mol. The molecule has 13 nitrogen and oxygen atoms in total. The van der Waals surface area contributed by atoms with Crippen molar-refractivity contribution in [2.75, 3.05) is 39.0 Å². The molecule has 8 atom stereocenters. The Labute approximate surface area is 330 Å². The molecule has 2 N–H and O–H groups in total. The van der Waals surface area contributed by atoms with Gasteiger partial charge >= 0.3 is 12.1 Å². The van der Waals surface area contributed by atoms with Crippen molar-refractivity contribution in [3.05, 3.63) is 46.5 Å². The third-order valence-electron chi connectivity index (χ3n) is 10.3. The van der Waals surface area contributed by atoms with Crippen LogP contribution in [0.4, 0.5) is 10.5 Å². The van der Waals surface area contributed by atoms with E-state index >= 15 is 0 Å². The molecule has 4 rings (SSSR count). The molecule has 302 valence electrons. The molecule has 1 aromatic carbocycles. The Kier molecular flexibility index (Phi) is 14.9. The van der Waals surface area contributed by atoms with Gasteiger partial charge in [-0.2, -0.15) is 11.8 Å². The molecule has 0 aliphatic carbocycles. The van der Waals surface area contributed by atoms with E-state index in [1.165, 1.54) is 31.4 Å². The van der Waals surface area contributed by atoms with E-state index in [4.69, 9.17) is 36.7 Å². The van der Waals surface area contributed by atoms with Gasteiger partial charge in [0.2, 0.25) is 11.8 Å². The van der Waals surface area contributed by atoms with Crippen LogP contribution < -0.4 is 15.0 Å². The number of esters is 1. The number of hydrogen-bond donors (Lipinski definition) is 2. The van der Waals surface area contributed by atoms with Crippen molar-refractivity contribution in [3.8, 4) is 5.75 Å². The number of carbonyl (C=O) groups is 4. The first-order valence-electron chi connectivity index (χ1n) is 18.8. The number of fused-ring (bicyclic) bond motifs is 5. The molecule has 3 amide bonds. The summed E-state index contributed by atoms with van der Waals surface area (Å²) in [6.45, 7) is 11.1. The van der Waals surface area contributed by atoms with Crippen LogP contribution in [0.25, 0.3) is 0 Å². The topological polar surface area (TPSA) is 156 Å². The predicted octanol–water partition coefficient (Wildman–Crippen LogP) is 5.68. The van der Waals surface area contributed by atoms with E-state index in [0.717, 1.165) is 11.1 Å². The molecule has 0 unspecified atom stereocenters. The van der Waals surface area contributed by atoms with Gasteiger partial charge in [0.25, 0.3) is 0 Å². The van der Waals surface area contributed by atoms with E-state index in [2.05, 4.69) is 5.32 Å². The fourth-order valence-electron chi connectivity index (χ4n) is 6.78. The van der Waals surface area contributed by atoms with E-state index < -0.39 is 65.7 Å². The molecule has 0 spiro atoms. The number of hydrogen-bond acceptors (Lipinski definition) is 11. The van der Waals surface area contributed by atoms with Gasteiger partial charge in [-0.05, 0) is 50.1 Å². The Hall–Kier alpha value is -3.30. The van der Waals surface area contributed by atoms with Crippen LogP contribution in [0.3, 0.4) is 0 Å². The zero-order valence-corrected chi connectivity index (χ0v) is 34.8. The van der Waals surface area contributed by atoms with Crippen molar-refractivity contribution in [2.45, 2.75) is 122 Å². The Balaban J connectivity index is 0.00000399. The molecule has 2 fully saturated rings. The third kappa shape index (κ3) is 10.3. The summed E-state index contributed by atoms with van der Waals surface area (Å²) in [7, 11) is 7.31. The summed E-state index contributed by atoms with van der Waals surface area (Å²) < 4.78 is 35.0. The quantitative estimate of drug-likeness (QED) is 0.234. The van der Waals surface area contributed by atoms with Gasteiger partial charge in [-0.25, -0.2) is 9.59 Å². The molecule has 15 heteroatoms. The van der Waals surface area contributed by atoms with E-state index in [-0.39, 0.29) is 30.2 Å². The number of amides is 3. The van der Waals surface area contributed by atoms with Crippen molar-refractivity contribution in [1.29, 1.82) is 0 Å². The van der Waals surface area contributed by atoms with Crippen molar-refractivity contribution in [3.63, 3.8) is 0 Å². The summed E-state index contributed by atoms with van der Waals surface area (Å²) in [5, 5.41) is 14.8. The smallest absolute Gasteiger partial charge is 0.409 e. The molecule has 54 heavy (non-hydrogen) atoms. The Morgan fingerprint density at radius 1 is 1.26 bits per heavy atom. The summed E-state index contributed by atoms with van der Waals surface area (Å²) in [5.41, 5.74) is -0.883. The number of benzene rings is 1. The lowest BCUT2D eigenvalue weighted by atomic mass is 9.83. The maximum atomic E-state index is 14.1. The molecular formula is C39H58ClN3O10S. The molecule has 1 aromatic rings. The van der Waals surface area contributed by atoms with Gasteiger partial charge in [-0.15, -0.1) is 0 Å². The second-order valence-electron chi connectivity index (χ2n) is 14.6. The van der Waals surface area contributed by atoms with Gasteiger partial charge < -0.3 is 38.6 Å². The number of nitrogens with one attached hydrogen (secondary N) is 1. The summed E-state index contributed by atoms with van der Waals surface area (Å²) in [6, 6.07) is 2.64. The van der Waals surface area contributed by atoms with Crippen LogP contribution in [0.15, 0.2) is 35.9 Å². The highest BCUT2D eigenvalue weighted by atomic mass is 35.5. The van der Waals surface area contributed by atoms with E-state index in [1.54, 1.807) is 70.9 Å². The standard InChI is InChI=1S/C38H54ClN3O10S.CH4/c1-21(2)53-15-14-31(43)41(7)24(5)35(45)51-30-19-32(44)42(8)26-17-25(18-27(48-9)33(26)39)16-22(3)12-11-13-29(49-10)38(47)20-28(50-36(46)40-38)23(4)34-37(30,6)52-34;/h11-13,17-18,21,23-24,28-30,34,47H,14-16,19-20H2,1-10H3,(H,40,46);1H4/b13-11+,22-12+;/t23-,24+,28+,29-,30+,34+,37+,38+;/m1./s1/i;1D. The predicted molar refractivity (Wildman–Crippen MR) is 210 cm³/mol. The molecule has 0 saturated carbocycles. The number of carbonyl (C=O) groups excluding carboxylic acids is 4. The van der Waals surface area contributed by atoms with Gasteiger partial charge in [0.05, 0.1) is 25.3 Å². The molecule has 0 radical (unpaired) electrons. The highest BCUT2D eigenvalue weighted by molar-refractivity contribution is 7.99. The first-order valence-corrected chi connectivity index (χ1v) is 19.2. The lowest BCUT2D eigenvalue weighted by Crippen LogP contribution is -2.63. The Morgan fingerprint density at radius 3 is 2.57 bits per heavy atom.